The van der Waals surface area contributed by atoms with E-state index in [9.17, 15) is 23.1 Å². The number of hydrogen-bond acceptors (Lipinski definition) is 7. The number of imide groups is 1. The lowest BCUT2D eigenvalue weighted by atomic mass is 10.2. The predicted molar refractivity (Wildman–Crippen MR) is 91.1 cm³/mol. The fraction of sp³-hybridized carbons (Fsp3) is 0.400. The van der Waals surface area contributed by atoms with Crippen molar-refractivity contribution >= 4 is 45.1 Å². The average Bonchev–Trinajstić information content (AvgIpc) is 3.21. The van der Waals surface area contributed by atoms with E-state index in [2.05, 4.69) is 5.32 Å². The van der Waals surface area contributed by atoms with E-state index in [0.29, 0.717) is 12.2 Å². The first-order chi connectivity index (χ1) is 11.8. The number of rotatable bonds is 5. The number of nitrogens with one attached hydrogen (secondary N) is 1. The Morgan fingerprint density at radius 2 is 2.32 bits per heavy atom. The molecule has 0 aromatic carbocycles. The number of furan rings is 1. The Kier molecular flexibility index (Phi) is 5.11. The standard InChI is InChI=1S/C15H16N2O6S2/c18-13(16-10-4-7-25(21,22)9-10)3-5-17-14(19)12(24-15(17)20)8-11-2-1-6-23-11/h1-2,6,8,10H,3-5,7,9H2,(H-,16,18,21,22)/b12-8+. The highest BCUT2D eigenvalue weighted by atomic mass is 32.3. The van der Waals surface area contributed by atoms with Gasteiger partial charge in [0.2, 0.25) is 5.91 Å². The molecular weight excluding hydrogens is 368 g/mol. The van der Waals surface area contributed by atoms with Crippen LogP contribution in [0.15, 0.2) is 27.7 Å². The van der Waals surface area contributed by atoms with Crippen LogP contribution in [0.2, 0.25) is 0 Å². The van der Waals surface area contributed by atoms with E-state index in [1.165, 1.54) is 12.3 Å². The van der Waals surface area contributed by atoms with Gasteiger partial charge in [-0.25, -0.2) is 0 Å². The summed E-state index contributed by atoms with van der Waals surface area (Å²) < 4.78 is 27.9. The molecule has 2 aliphatic rings. The summed E-state index contributed by atoms with van der Waals surface area (Å²) in [5.74, 6) is -0.380. The normalized spacial score (nSPS) is 28.1. The van der Waals surface area contributed by atoms with Crippen LogP contribution in [0.4, 0.5) is 4.79 Å². The Balaban J connectivity index is 1.53. The molecule has 1 aromatic rings. The molecule has 2 unspecified atom stereocenters. The summed E-state index contributed by atoms with van der Waals surface area (Å²) >= 11 is 0.792. The zero-order valence-electron chi connectivity index (χ0n) is 13.1. The largest absolute Gasteiger partial charge is 0.615 e. The monoisotopic (exact) mass is 384 g/mol. The maximum Gasteiger partial charge on any atom is 0.293 e. The van der Waals surface area contributed by atoms with Gasteiger partial charge in [0.15, 0.2) is 0 Å². The molecule has 134 valence electrons. The van der Waals surface area contributed by atoms with Crippen molar-refractivity contribution in [1.82, 2.24) is 10.2 Å². The van der Waals surface area contributed by atoms with Gasteiger partial charge < -0.3 is 14.3 Å². The van der Waals surface area contributed by atoms with Crippen molar-refractivity contribution < 1.29 is 27.6 Å². The third-order valence-electron chi connectivity index (χ3n) is 3.85. The first-order valence-corrected chi connectivity index (χ1v) is 10.3. The lowest BCUT2D eigenvalue weighted by Crippen LogP contribution is -2.39. The summed E-state index contributed by atoms with van der Waals surface area (Å²) in [6.07, 6.45) is 3.27. The van der Waals surface area contributed by atoms with Gasteiger partial charge in [0, 0.05) is 35.7 Å². The van der Waals surface area contributed by atoms with Crippen LogP contribution in [0.5, 0.6) is 0 Å². The number of carbonyl (C=O) groups excluding carboxylic acids is 3. The molecular formula is C15H16N2O6S2. The third-order valence-corrected chi connectivity index (χ3v) is 6.53. The second-order valence-corrected chi connectivity index (χ2v) is 8.99. The predicted octanol–water partition coefficient (Wildman–Crippen LogP) is 1.22. The Bertz CT molecular complexity index is 773. The van der Waals surface area contributed by atoms with Crippen molar-refractivity contribution in [3.05, 3.63) is 29.1 Å². The quantitative estimate of drug-likeness (QED) is 0.599. The van der Waals surface area contributed by atoms with Crippen molar-refractivity contribution in [2.45, 2.75) is 18.9 Å². The molecule has 10 heteroatoms. The molecule has 0 spiro atoms. The lowest BCUT2D eigenvalue weighted by Gasteiger charge is -2.14. The van der Waals surface area contributed by atoms with Crippen LogP contribution in [-0.4, -0.2) is 50.6 Å². The van der Waals surface area contributed by atoms with Gasteiger partial charge in [-0.2, -0.15) is 0 Å². The molecule has 0 bridgehead atoms. The minimum absolute atomic E-state index is 0.0501. The highest BCUT2D eigenvalue weighted by Crippen LogP contribution is 2.32. The van der Waals surface area contributed by atoms with Crippen LogP contribution < -0.4 is 5.32 Å². The van der Waals surface area contributed by atoms with Crippen LogP contribution in [0, 0.1) is 0 Å². The highest BCUT2D eigenvalue weighted by molar-refractivity contribution is 8.18. The zero-order chi connectivity index (χ0) is 18.0. The third kappa shape index (κ3) is 4.39. The molecule has 2 saturated heterocycles. The van der Waals surface area contributed by atoms with Gasteiger partial charge in [0.25, 0.3) is 11.1 Å². The molecule has 2 aliphatic heterocycles. The van der Waals surface area contributed by atoms with Crippen molar-refractivity contribution in [2.75, 3.05) is 18.1 Å². The molecule has 0 aliphatic carbocycles. The van der Waals surface area contributed by atoms with E-state index in [1.54, 1.807) is 12.1 Å². The van der Waals surface area contributed by atoms with Crippen LogP contribution in [0.3, 0.4) is 0 Å². The topological polar surface area (TPSA) is 120 Å². The van der Waals surface area contributed by atoms with E-state index < -0.39 is 27.4 Å². The molecule has 1 N–H and O–H groups in total. The molecule has 2 atom stereocenters. The maximum atomic E-state index is 12.2. The van der Waals surface area contributed by atoms with E-state index in [0.717, 1.165) is 16.7 Å². The first-order valence-electron chi connectivity index (χ1n) is 7.63. The van der Waals surface area contributed by atoms with Crippen LogP contribution in [0.25, 0.3) is 6.08 Å². The number of hydrogen-bond donors (Lipinski definition) is 1. The van der Waals surface area contributed by atoms with Crippen LogP contribution in [0.1, 0.15) is 18.6 Å². The van der Waals surface area contributed by atoms with E-state index in [4.69, 9.17) is 4.42 Å². The van der Waals surface area contributed by atoms with Gasteiger partial charge >= 0.3 is 0 Å². The summed E-state index contributed by atoms with van der Waals surface area (Å²) in [5, 5.41) is 2.19. The van der Waals surface area contributed by atoms with E-state index in [1.807, 2.05) is 0 Å². The Labute approximate surface area is 149 Å². The minimum atomic E-state index is -3.07. The van der Waals surface area contributed by atoms with Gasteiger partial charge in [-0.1, -0.05) is 0 Å². The zero-order valence-corrected chi connectivity index (χ0v) is 14.8. The van der Waals surface area contributed by atoms with Gasteiger partial charge in [-0.05, 0) is 23.9 Å². The molecule has 25 heavy (non-hydrogen) atoms. The van der Waals surface area contributed by atoms with Crippen molar-refractivity contribution in [3.8, 4) is 0 Å². The molecule has 2 fully saturated rings. The second-order valence-electron chi connectivity index (χ2n) is 5.77. The molecule has 0 saturated carbocycles. The second kappa shape index (κ2) is 7.14. The first kappa shape index (κ1) is 17.9. The van der Waals surface area contributed by atoms with Crippen LogP contribution >= 0.6 is 11.8 Å². The highest BCUT2D eigenvalue weighted by Gasteiger charge is 2.36. The summed E-state index contributed by atoms with van der Waals surface area (Å²) in [6.45, 7) is -0.0501. The van der Waals surface area contributed by atoms with Crippen molar-refractivity contribution in [1.29, 1.82) is 0 Å². The molecule has 1 aromatic heterocycles. The van der Waals surface area contributed by atoms with Crippen molar-refractivity contribution in [3.63, 3.8) is 0 Å². The SMILES string of the molecule is O=C(CCN1C(=O)S/C(=C/c2ccco2)C1=O)NC1CC[S+](=O)([O-])C1. The number of nitrogens with zero attached hydrogens (tertiary/aromatic N) is 1. The molecule has 3 rings (SSSR count). The Morgan fingerprint density at radius 3 is 2.96 bits per heavy atom. The number of carbonyl (C=O) groups is 3. The molecule has 3 amide bonds. The molecule has 3 heterocycles. The fourth-order valence-electron chi connectivity index (χ4n) is 2.62. The number of amides is 3. The van der Waals surface area contributed by atoms with E-state index in [-0.39, 0.29) is 35.3 Å². The minimum Gasteiger partial charge on any atom is -0.615 e. The number of thioether (sulfide) groups is 1. The van der Waals surface area contributed by atoms with Gasteiger partial charge in [0.1, 0.15) is 17.3 Å². The maximum absolute atomic E-state index is 12.2. The number of sulfone groups is 1. The summed E-state index contributed by atoms with van der Waals surface area (Å²) in [6, 6.07) is 2.94. The van der Waals surface area contributed by atoms with Crippen molar-refractivity contribution in [2.24, 2.45) is 0 Å². The van der Waals surface area contributed by atoms with Crippen LogP contribution in [-0.2, 0) is 24.0 Å². The van der Waals surface area contributed by atoms with E-state index >= 15 is 0 Å². The lowest BCUT2D eigenvalue weighted by molar-refractivity contribution is -0.124. The van der Waals surface area contributed by atoms with Gasteiger partial charge in [-0.3, -0.25) is 19.3 Å². The Hall–Kier alpha value is -1.91. The molecule has 8 nitrogen and oxygen atoms in total. The Morgan fingerprint density at radius 1 is 1.52 bits per heavy atom. The molecule has 0 radical (unpaired) electrons. The average molecular weight is 384 g/mol. The fourth-order valence-corrected chi connectivity index (χ4v) is 5.14. The summed E-state index contributed by atoms with van der Waals surface area (Å²) in [4.78, 5) is 37.4. The summed E-state index contributed by atoms with van der Waals surface area (Å²) in [5.41, 5.74) is 0. The van der Waals surface area contributed by atoms with Gasteiger partial charge in [0.05, 0.1) is 17.2 Å². The summed E-state index contributed by atoms with van der Waals surface area (Å²) in [7, 11) is -3.07. The smallest absolute Gasteiger partial charge is 0.293 e. The van der Waals surface area contributed by atoms with Gasteiger partial charge in [-0.15, -0.1) is 4.21 Å².